The van der Waals surface area contributed by atoms with Crippen LogP contribution >= 0.6 is 0 Å². The molecule has 17 rings (SSSR count). The van der Waals surface area contributed by atoms with Crippen molar-refractivity contribution in [3.8, 4) is 44.5 Å². The molecular weight excluding hydrogens is 1190 g/mol. The lowest BCUT2D eigenvalue weighted by Crippen LogP contribution is -2.15. The Labute approximate surface area is 576 Å². The summed E-state index contributed by atoms with van der Waals surface area (Å²) in [6.45, 7) is 27.7. The van der Waals surface area contributed by atoms with Gasteiger partial charge in [0.2, 0.25) is 0 Å². The lowest BCUT2D eigenvalue weighted by molar-refractivity contribution is 0.589. The first-order chi connectivity index (χ1) is 47.2. The number of aromatic nitrogens is 2. The molecule has 0 bridgehead atoms. The number of fused-ring (bicyclic) bond motifs is 12. The van der Waals surface area contributed by atoms with Gasteiger partial charge in [-0.05, 0) is 139 Å². The summed E-state index contributed by atoms with van der Waals surface area (Å²) in [4.78, 5) is 5.17. The van der Waals surface area contributed by atoms with Crippen molar-refractivity contribution in [3.05, 3.63) is 301 Å². The summed E-state index contributed by atoms with van der Waals surface area (Å²) in [5.74, 6) is 0. The van der Waals surface area contributed by atoms with E-state index >= 15 is 0 Å². The molecule has 0 atom stereocenters. The first-order valence-electron chi connectivity index (χ1n) is 34.9. The maximum Gasteiger partial charge on any atom is 0.0641 e. The molecule has 0 radical (unpaired) electrons. The molecule has 0 aliphatic rings. The van der Waals surface area contributed by atoms with Crippen molar-refractivity contribution in [1.82, 2.24) is 8.80 Å². The Morgan fingerprint density at radius 1 is 0.214 bits per heavy atom. The molecule has 4 heterocycles. The Morgan fingerprint density at radius 2 is 0.520 bits per heavy atom. The minimum atomic E-state index is -0.0854. The van der Waals surface area contributed by atoms with Crippen LogP contribution in [0.4, 0.5) is 34.1 Å². The first-order valence-corrected chi connectivity index (χ1v) is 34.9. The van der Waals surface area contributed by atoms with Crippen LogP contribution in [0.2, 0.25) is 0 Å². The van der Waals surface area contributed by atoms with Crippen molar-refractivity contribution in [2.24, 2.45) is 0 Å². The fourth-order valence-corrected chi connectivity index (χ4v) is 15.8. The second-order valence-electron chi connectivity index (χ2n) is 31.4. The SMILES string of the molecule is CC(C)(C)c1ccc(-c2cc(C(C)(C)C)ccc2N(c2ccccc2-c2ccccc2)c2ccc3c4cc5c(cc4n4c6ccccc6c2c34)c2ccc(N(c3ccccc3-c3ccccc3)c3ccc(C(C)(C)C)cc3-c3ccc(C(C)(C)C)cc3)c3c4ccccc4n5c23)cc1. The lowest BCUT2D eigenvalue weighted by atomic mass is 9.83. The van der Waals surface area contributed by atoms with Crippen LogP contribution in [0, 0.1) is 0 Å². The van der Waals surface area contributed by atoms with Crippen molar-refractivity contribution in [2.75, 3.05) is 9.80 Å². The summed E-state index contributed by atoms with van der Waals surface area (Å²) in [6, 6.07) is 106. The van der Waals surface area contributed by atoms with E-state index in [1.165, 1.54) is 132 Å². The van der Waals surface area contributed by atoms with E-state index in [4.69, 9.17) is 0 Å². The number of rotatable bonds is 10. The van der Waals surface area contributed by atoms with Gasteiger partial charge in [0.25, 0.3) is 0 Å². The number of para-hydroxylation sites is 4. The number of hydrogen-bond donors (Lipinski definition) is 0. The average molecular weight is 1270 g/mol. The van der Waals surface area contributed by atoms with Gasteiger partial charge in [-0.3, -0.25) is 0 Å². The Hall–Kier alpha value is -10.9. The predicted octanol–water partition coefficient (Wildman–Crippen LogP) is 26.8. The summed E-state index contributed by atoms with van der Waals surface area (Å²) in [5, 5.41) is 9.79. The topological polar surface area (TPSA) is 15.3 Å². The van der Waals surface area contributed by atoms with Crippen LogP contribution in [0.3, 0.4) is 0 Å². The fraction of sp³-hybridized carbons (Fsp3) is 0.170. The second-order valence-corrected chi connectivity index (χ2v) is 31.4. The van der Waals surface area contributed by atoms with Crippen LogP contribution in [0.1, 0.15) is 105 Å². The molecule has 4 heteroatoms. The van der Waals surface area contributed by atoms with Gasteiger partial charge in [-0.15, -0.1) is 0 Å². The zero-order valence-electron chi connectivity index (χ0n) is 58.3. The van der Waals surface area contributed by atoms with Gasteiger partial charge in [-0.1, -0.05) is 289 Å². The third-order valence-corrected chi connectivity index (χ3v) is 21.0. The van der Waals surface area contributed by atoms with Gasteiger partial charge in [0.05, 0.1) is 67.2 Å². The van der Waals surface area contributed by atoms with E-state index in [1.807, 2.05) is 0 Å². The standard InChI is InChI=1S/C94H82N4/c1-91(2,3)63-43-39-61(40-44-63)73-55-65(93(7,8)9)47-51-81(73)95(77-35-23-19-31-67(77)59-27-15-13-16-28-59)83-53-49-69-75-57-86-76(58-85(75)97-79-37-25-21-33-71(79)87(83)89(69)97)70-50-54-84(88-72-34-22-26-38-80(72)98(86)90(70)88)96(78-36-24-20-32-68(78)60-29-17-14-18-30-60)82-52-48-66(94(10,11)12)56-74(82)62-41-45-64(46-42-62)92(4,5)6/h13-58H,1-12H3. The first kappa shape index (κ1) is 60.7. The molecule has 0 aliphatic carbocycles. The highest BCUT2D eigenvalue weighted by atomic mass is 15.2. The van der Waals surface area contributed by atoms with Crippen molar-refractivity contribution in [2.45, 2.75) is 105 Å². The molecule has 4 nitrogen and oxygen atoms in total. The normalized spacial score (nSPS) is 12.7. The number of hydrogen-bond acceptors (Lipinski definition) is 2. The molecule has 0 saturated heterocycles. The van der Waals surface area contributed by atoms with Crippen molar-refractivity contribution in [3.63, 3.8) is 0 Å². The maximum atomic E-state index is 2.59. The molecule has 0 amide bonds. The quantitative estimate of drug-likeness (QED) is 0.136. The van der Waals surface area contributed by atoms with Crippen LogP contribution in [-0.2, 0) is 21.7 Å². The molecule has 4 aromatic heterocycles. The highest BCUT2D eigenvalue weighted by Crippen LogP contribution is 2.55. The van der Waals surface area contributed by atoms with Gasteiger partial charge in [-0.25, -0.2) is 0 Å². The molecule has 98 heavy (non-hydrogen) atoms. The van der Waals surface area contributed by atoms with Crippen molar-refractivity contribution in [1.29, 1.82) is 0 Å². The molecule has 478 valence electrons. The van der Waals surface area contributed by atoms with E-state index in [1.54, 1.807) is 0 Å². The van der Waals surface area contributed by atoms with E-state index in [2.05, 4.69) is 381 Å². The molecule has 0 unspecified atom stereocenters. The van der Waals surface area contributed by atoms with Crippen molar-refractivity contribution < 1.29 is 0 Å². The number of benzene rings is 13. The Kier molecular flexibility index (Phi) is 13.8. The van der Waals surface area contributed by atoms with Crippen LogP contribution < -0.4 is 9.80 Å². The smallest absolute Gasteiger partial charge is 0.0641 e. The Balaban J connectivity index is 0.936. The van der Waals surface area contributed by atoms with Gasteiger partial charge in [-0.2, -0.15) is 0 Å². The Bertz CT molecular complexity index is 5570. The van der Waals surface area contributed by atoms with Crippen molar-refractivity contribution >= 4 is 110 Å². The largest absolute Gasteiger partial charge is 0.309 e. The monoisotopic (exact) mass is 1270 g/mol. The minimum Gasteiger partial charge on any atom is -0.309 e. The van der Waals surface area contributed by atoms with Gasteiger partial charge < -0.3 is 18.6 Å². The molecular formula is C94H82N4. The molecule has 0 aliphatic heterocycles. The molecule has 13 aromatic carbocycles. The van der Waals surface area contributed by atoms with Crippen LogP contribution in [0.15, 0.2) is 279 Å². The summed E-state index contributed by atoms with van der Waals surface area (Å²) in [6.07, 6.45) is 0. The maximum absolute atomic E-state index is 2.59. The highest BCUT2D eigenvalue weighted by molar-refractivity contribution is 6.32. The Morgan fingerprint density at radius 3 is 0.898 bits per heavy atom. The molecule has 17 aromatic rings. The minimum absolute atomic E-state index is 0.0129. The molecule has 0 saturated carbocycles. The fourth-order valence-electron chi connectivity index (χ4n) is 15.8. The van der Waals surface area contributed by atoms with Crippen LogP contribution in [0.5, 0.6) is 0 Å². The summed E-state index contributed by atoms with van der Waals surface area (Å²) < 4.78 is 5.18. The predicted molar refractivity (Wildman–Crippen MR) is 422 cm³/mol. The lowest BCUT2D eigenvalue weighted by Gasteiger charge is -2.32. The van der Waals surface area contributed by atoms with E-state index in [0.717, 1.165) is 45.3 Å². The zero-order chi connectivity index (χ0) is 67.3. The summed E-state index contributed by atoms with van der Waals surface area (Å²) in [7, 11) is 0. The van der Waals surface area contributed by atoms with E-state index in [0.29, 0.717) is 0 Å². The van der Waals surface area contributed by atoms with Gasteiger partial charge in [0.15, 0.2) is 0 Å². The van der Waals surface area contributed by atoms with Gasteiger partial charge >= 0.3 is 0 Å². The molecule has 0 spiro atoms. The summed E-state index contributed by atoms with van der Waals surface area (Å²) >= 11 is 0. The molecule has 0 N–H and O–H groups in total. The number of anilines is 6. The van der Waals surface area contributed by atoms with Crippen LogP contribution in [-0.4, -0.2) is 8.80 Å². The average Bonchev–Trinajstić information content (AvgIpc) is 1.55. The van der Waals surface area contributed by atoms with Gasteiger partial charge in [0, 0.05) is 65.3 Å². The zero-order valence-corrected chi connectivity index (χ0v) is 58.3. The van der Waals surface area contributed by atoms with E-state index in [-0.39, 0.29) is 21.7 Å². The number of nitrogens with zero attached hydrogens (tertiary/aromatic N) is 4. The highest BCUT2D eigenvalue weighted by Gasteiger charge is 2.32. The van der Waals surface area contributed by atoms with E-state index < -0.39 is 0 Å². The third-order valence-electron chi connectivity index (χ3n) is 21.0. The second kappa shape index (κ2) is 22.3. The van der Waals surface area contributed by atoms with E-state index in [9.17, 15) is 0 Å². The summed E-state index contributed by atoms with van der Waals surface area (Å²) in [5.41, 5.74) is 28.4. The molecule has 0 fully saturated rings. The van der Waals surface area contributed by atoms with Gasteiger partial charge in [0.1, 0.15) is 0 Å². The third kappa shape index (κ3) is 9.69. The van der Waals surface area contributed by atoms with Crippen LogP contribution in [0.25, 0.3) is 121 Å².